The van der Waals surface area contributed by atoms with E-state index >= 15 is 0 Å². The van der Waals surface area contributed by atoms with Crippen molar-refractivity contribution in [3.8, 4) is 0 Å². The fourth-order valence-corrected chi connectivity index (χ4v) is 0. The van der Waals surface area contributed by atoms with Crippen molar-refractivity contribution in [2.24, 2.45) is 0 Å². The van der Waals surface area contributed by atoms with E-state index in [1.807, 2.05) is 0 Å². The van der Waals surface area contributed by atoms with Crippen LogP contribution >= 0.6 is 7.92 Å². The molecular weight excluding hydrogens is 244 g/mol. The molecule has 0 atom stereocenters. The number of hydrogen-bond acceptors (Lipinski definition) is 0. The summed E-state index contributed by atoms with van der Waals surface area (Å²) in [6.07, 6.45) is 0. The van der Waals surface area contributed by atoms with E-state index in [1.165, 1.54) is 0 Å². The standard InChI is InChI=1S/C3H9P.CF3.Ag/c1-4(2)3;2-1(3)4;/h1-3H3;;/q;-1;+1. The number of halogens is 3. The van der Waals surface area contributed by atoms with E-state index in [2.05, 4.69) is 20.0 Å². The van der Waals surface area contributed by atoms with Crippen LogP contribution in [0.15, 0.2) is 0 Å². The molecule has 0 aromatic heterocycles. The molecule has 0 rings (SSSR count). The zero-order valence-corrected chi connectivity index (χ0v) is 7.76. The molecular formula is C4H9AgF3P. The third-order valence-corrected chi connectivity index (χ3v) is 0. The summed E-state index contributed by atoms with van der Waals surface area (Å²) in [4.78, 5) is 0. The molecule has 0 nitrogen and oxygen atoms in total. The topological polar surface area (TPSA) is 0 Å². The van der Waals surface area contributed by atoms with Crippen LogP contribution in [0.25, 0.3) is 0 Å². The average Bonchev–Trinajstić information content (AvgIpc) is 1.25. The van der Waals surface area contributed by atoms with Gasteiger partial charge in [-0.05, 0) is 20.0 Å². The van der Waals surface area contributed by atoms with Crippen LogP contribution in [-0.4, -0.2) is 20.0 Å². The van der Waals surface area contributed by atoms with Gasteiger partial charge in [-0.25, -0.2) is 0 Å². The predicted octanol–water partition coefficient (Wildman–Crippen LogP) is 2.70. The molecule has 0 spiro atoms. The van der Waals surface area contributed by atoms with Crippen LogP contribution in [0, 0.1) is 6.68 Å². The van der Waals surface area contributed by atoms with Gasteiger partial charge in [-0.1, -0.05) is 0 Å². The van der Waals surface area contributed by atoms with E-state index in [9.17, 15) is 13.2 Å². The fraction of sp³-hybridized carbons (Fsp3) is 0.750. The Morgan fingerprint density at radius 2 is 1.00 bits per heavy atom. The number of rotatable bonds is 0. The van der Waals surface area contributed by atoms with Crippen molar-refractivity contribution in [3.05, 3.63) is 6.68 Å². The van der Waals surface area contributed by atoms with Crippen LogP contribution < -0.4 is 0 Å². The quantitative estimate of drug-likeness (QED) is 0.353. The molecule has 0 aromatic carbocycles. The van der Waals surface area contributed by atoms with Crippen molar-refractivity contribution in [1.82, 2.24) is 0 Å². The molecule has 0 aliphatic heterocycles. The van der Waals surface area contributed by atoms with Crippen molar-refractivity contribution in [2.45, 2.75) is 0 Å². The smallest absolute Gasteiger partial charge is 0.385 e. The average molecular weight is 253 g/mol. The Hall–Kier alpha value is 0.960. The zero-order valence-electron chi connectivity index (χ0n) is 5.38. The Morgan fingerprint density at radius 3 is 1.00 bits per heavy atom. The summed E-state index contributed by atoms with van der Waals surface area (Å²) in [6.45, 7) is 3.61. The summed E-state index contributed by atoms with van der Waals surface area (Å²) in [5.41, 5.74) is 0. The molecule has 0 saturated heterocycles. The zero-order chi connectivity index (χ0) is 7.15. The maximum absolute atomic E-state index is 9.58. The molecule has 9 heavy (non-hydrogen) atoms. The van der Waals surface area contributed by atoms with E-state index < -0.39 is 6.68 Å². The minimum absolute atomic E-state index is 0. The number of hydrogen-bond donors (Lipinski definition) is 0. The van der Waals surface area contributed by atoms with Gasteiger partial charge in [-0.3, -0.25) is 0 Å². The molecule has 0 radical (unpaired) electrons. The first kappa shape index (κ1) is 16.5. The largest absolute Gasteiger partial charge is 1.00 e. The van der Waals surface area contributed by atoms with Crippen molar-refractivity contribution in [3.63, 3.8) is 0 Å². The summed E-state index contributed by atoms with van der Waals surface area (Å²) < 4.78 is 28.8. The first-order valence-corrected chi connectivity index (χ1v) is 4.59. The Kier molecular flexibility index (Phi) is 21.5. The van der Waals surface area contributed by atoms with Crippen LogP contribution in [0.3, 0.4) is 0 Å². The van der Waals surface area contributed by atoms with Gasteiger partial charge in [0.25, 0.3) is 0 Å². The molecule has 0 aliphatic rings. The van der Waals surface area contributed by atoms with Gasteiger partial charge in [-0.15, -0.1) is 7.92 Å². The summed E-state index contributed by atoms with van der Waals surface area (Å²) >= 11 is 0. The van der Waals surface area contributed by atoms with Gasteiger partial charge in [0.15, 0.2) is 6.68 Å². The van der Waals surface area contributed by atoms with Gasteiger partial charge in [0.2, 0.25) is 0 Å². The van der Waals surface area contributed by atoms with Crippen LogP contribution in [0.5, 0.6) is 0 Å². The van der Waals surface area contributed by atoms with Gasteiger partial charge in [0.05, 0.1) is 0 Å². The first-order valence-electron chi connectivity index (χ1n) is 1.91. The Morgan fingerprint density at radius 1 is 1.00 bits per heavy atom. The van der Waals surface area contributed by atoms with Crippen LogP contribution in [0.4, 0.5) is 13.2 Å². The van der Waals surface area contributed by atoms with Crippen molar-refractivity contribution >= 4 is 7.92 Å². The molecule has 0 unspecified atom stereocenters. The maximum atomic E-state index is 9.58. The van der Waals surface area contributed by atoms with E-state index in [1.54, 1.807) is 0 Å². The molecule has 62 valence electrons. The van der Waals surface area contributed by atoms with E-state index in [-0.39, 0.29) is 22.4 Å². The third kappa shape index (κ3) is 471. The van der Waals surface area contributed by atoms with Crippen molar-refractivity contribution < 1.29 is 35.6 Å². The molecule has 0 aliphatic carbocycles. The maximum Gasteiger partial charge on any atom is 1.00 e. The third-order valence-electron chi connectivity index (χ3n) is 0. The monoisotopic (exact) mass is 252 g/mol. The van der Waals surface area contributed by atoms with Gasteiger partial charge in [0, 0.05) is 0 Å². The molecule has 5 heteroatoms. The molecule has 0 amide bonds. The fourth-order valence-electron chi connectivity index (χ4n) is 0. The van der Waals surface area contributed by atoms with E-state index in [0.29, 0.717) is 7.92 Å². The second-order valence-corrected chi connectivity index (χ2v) is 4.24. The van der Waals surface area contributed by atoms with Crippen LogP contribution in [0.2, 0.25) is 0 Å². The Bertz CT molecular complexity index is 31.3. The SMILES string of the molecule is CP(C)C.F[C-](F)F.[Ag+]. The molecule has 0 N–H and O–H groups in total. The van der Waals surface area contributed by atoms with Crippen molar-refractivity contribution in [2.75, 3.05) is 20.0 Å². The molecule has 0 heterocycles. The normalized spacial score (nSPS) is 8.00. The molecule has 0 bridgehead atoms. The molecule has 0 aromatic rings. The van der Waals surface area contributed by atoms with Crippen LogP contribution in [-0.2, 0) is 22.4 Å². The van der Waals surface area contributed by atoms with Crippen LogP contribution in [0.1, 0.15) is 0 Å². The summed E-state index contributed by atoms with van der Waals surface area (Å²) in [6, 6.07) is 0. The minimum Gasteiger partial charge on any atom is -0.385 e. The molecule has 0 saturated carbocycles. The summed E-state index contributed by atoms with van der Waals surface area (Å²) in [5, 5.41) is 0. The summed E-state index contributed by atoms with van der Waals surface area (Å²) in [7, 11) is 0.380. The van der Waals surface area contributed by atoms with E-state index in [4.69, 9.17) is 0 Å². The Labute approximate surface area is 70.5 Å². The van der Waals surface area contributed by atoms with Gasteiger partial charge in [0.1, 0.15) is 0 Å². The second kappa shape index (κ2) is 11.7. The Balaban J connectivity index is -0.0000000720. The van der Waals surface area contributed by atoms with Crippen molar-refractivity contribution in [1.29, 1.82) is 0 Å². The van der Waals surface area contributed by atoms with Gasteiger partial charge < -0.3 is 13.2 Å². The van der Waals surface area contributed by atoms with Gasteiger partial charge in [-0.2, -0.15) is 0 Å². The minimum atomic E-state index is -3.08. The second-order valence-electron chi connectivity index (χ2n) is 1.56. The molecule has 0 fully saturated rings. The first-order chi connectivity index (χ1) is 3.46. The van der Waals surface area contributed by atoms with E-state index in [0.717, 1.165) is 0 Å². The summed E-state index contributed by atoms with van der Waals surface area (Å²) in [5.74, 6) is 0. The van der Waals surface area contributed by atoms with Gasteiger partial charge >= 0.3 is 22.4 Å². The predicted molar refractivity (Wildman–Crippen MR) is 31.3 cm³/mol.